The molecule has 0 saturated heterocycles. The van der Waals surface area contributed by atoms with Gasteiger partial charge in [0.15, 0.2) is 0 Å². The van der Waals surface area contributed by atoms with Crippen molar-refractivity contribution >= 4 is 0 Å². The molecule has 0 aliphatic heterocycles. The summed E-state index contributed by atoms with van der Waals surface area (Å²) in [5.41, 5.74) is 4.13. The lowest BCUT2D eigenvalue weighted by Crippen LogP contribution is -2.40. The first kappa shape index (κ1) is 17.2. The first-order valence-corrected chi connectivity index (χ1v) is 9.98. The molecule has 2 aromatic rings. The van der Waals surface area contributed by atoms with Crippen LogP contribution < -0.4 is 0 Å². The maximum atomic E-state index is 9.82. The van der Waals surface area contributed by atoms with Gasteiger partial charge in [0, 0.05) is 5.41 Å². The SMILES string of the molecule is Oc1ccc(C2(c3ccc(O)cc3)CCCCC2C2=CCCCC2)cc1. The highest BCUT2D eigenvalue weighted by molar-refractivity contribution is 5.46. The van der Waals surface area contributed by atoms with E-state index in [0.717, 1.165) is 6.42 Å². The number of aromatic hydroxyl groups is 2. The van der Waals surface area contributed by atoms with Crippen molar-refractivity contribution in [3.63, 3.8) is 0 Å². The predicted molar refractivity (Wildman–Crippen MR) is 106 cm³/mol. The molecule has 4 rings (SSSR count). The van der Waals surface area contributed by atoms with E-state index in [1.54, 1.807) is 5.57 Å². The summed E-state index contributed by atoms with van der Waals surface area (Å²) in [6.45, 7) is 0. The molecule has 0 aromatic heterocycles. The molecular weight excluding hydrogens is 320 g/mol. The molecule has 0 spiro atoms. The molecule has 2 nitrogen and oxygen atoms in total. The number of hydrogen-bond acceptors (Lipinski definition) is 2. The molecule has 26 heavy (non-hydrogen) atoms. The molecule has 1 saturated carbocycles. The molecule has 2 N–H and O–H groups in total. The Morgan fingerprint density at radius 3 is 1.88 bits per heavy atom. The largest absolute Gasteiger partial charge is 0.508 e. The van der Waals surface area contributed by atoms with Gasteiger partial charge < -0.3 is 10.2 Å². The van der Waals surface area contributed by atoms with Crippen LogP contribution in [0.5, 0.6) is 11.5 Å². The maximum absolute atomic E-state index is 9.82. The Morgan fingerprint density at radius 2 is 1.35 bits per heavy atom. The number of allylic oxidation sites excluding steroid dienone is 2. The molecule has 2 aliphatic carbocycles. The molecule has 2 heteroatoms. The van der Waals surface area contributed by atoms with E-state index >= 15 is 0 Å². The Hall–Kier alpha value is -2.22. The highest BCUT2D eigenvalue weighted by Gasteiger charge is 2.45. The van der Waals surface area contributed by atoms with E-state index < -0.39 is 0 Å². The Labute approximate surface area is 156 Å². The maximum Gasteiger partial charge on any atom is 0.115 e. The third-order valence-corrected chi connectivity index (χ3v) is 6.45. The lowest BCUT2D eigenvalue weighted by molar-refractivity contribution is 0.251. The van der Waals surface area contributed by atoms with Crippen molar-refractivity contribution in [1.82, 2.24) is 0 Å². The van der Waals surface area contributed by atoms with Crippen LogP contribution in [0.25, 0.3) is 0 Å². The van der Waals surface area contributed by atoms with Gasteiger partial charge in [0.2, 0.25) is 0 Å². The Balaban J connectivity index is 1.89. The van der Waals surface area contributed by atoms with Crippen LogP contribution in [-0.2, 0) is 5.41 Å². The second kappa shape index (κ2) is 7.19. The van der Waals surface area contributed by atoms with Crippen molar-refractivity contribution in [1.29, 1.82) is 0 Å². The summed E-state index contributed by atoms with van der Waals surface area (Å²) in [5, 5.41) is 19.6. The standard InChI is InChI=1S/C24H28O2/c25-21-13-9-19(10-14-21)24(20-11-15-22(26)16-12-20)17-5-4-8-23(24)18-6-2-1-3-7-18/h6,9-16,23,25-26H,1-5,7-8,17H2. The number of phenolic OH excluding ortho intramolecular Hbond substituents is 2. The predicted octanol–water partition coefficient (Wildman–Crippen LogP) is 6.07. The van der Waals surface area contributed by atoms with Crippen LogP contribution in [-0.4, -0.2) is 10.2 Å². The Morgan fingerprint density at radius 1 is 0.731 bits per heavy atom. The van der Waals surface area contributed by atoms with Crippen molar-refractivity contribution in [2.45, 2.75) is 56.8 Å². The number of benzene rings is 2. The van der Waals surface area contributed by atoms with Crippen molar-refractivity contribution in [3.8, 4) is 11.5 Å². The van der Waals surface area contributed by atoms with E-state index in [2.05, 4.69) is 30.3 Å². The van der Waals surface area contributed by atoms with Gasteiger partial charge in [-0.15, -0.1) is 0 Å². The van der Waals surface area contributed by atoms with Crippen molar-refractivity contribution in [2.75, 3.05) is 0 Å². The van der Waals surface area contributed by atoms with Gasteiger partial charge >= 0.3 is 0 Å². The van der Waals surface area contributed by atoms with Gasteiger partial charge in [-0.1, -0.05) is 48.8 Å². The monoisotopic (exact) mass is 348 g/mol. The normalized spacial score (nSPS) is 22.6. The molecule has 1 fully saturated rings. The number of phenols is 2. The summed E-state index contributed by atoms with van der Waals surface area (Å²) in [6.07, 6.45) is 12.3. The highest BCUT2D eigenvalue weighted by Crippen LogP contribution is 2.53. The van der Waals surface area contributed by atoms with Crippen LogP contribution in [0.4, 0.5) is 0 Å². The third kappa shape index (κ3) is 3.02. The van der Waals surface area contributed by atoms with Crippen LogP contribution >= 0.6 is 0 Å². The lowest BCUT2D eigenvalue weighted by Gasteiger charge is -2.47. The van der Waals surface area contributed by atoms with E-state index in [9.17, 15) is 10.2 Å². The van der Waals surface area contributed by atoms with E-state index in [-0.39, 0.29) is 5.41 Å². The second-order valence-electron chi connectivity index (χ2n) is 7.89. The van der Waals surface area contributed by atoms with Crippen molar-refractivity contribution < 1.29 is 10.2 Å². The fraction of sp³-hybridized carbons (Fsp3) is 0.417. The molecule has 0 bridgehead atoms. The summed E-state index contributed by atoms with van der Waals surface area (Å²) >= 11 is 0. The molecule has 1 unspecified atom stereocenters. The fourth-order valence-electron chi connectivity index (χ4n) is 5.23. The quantitative estimate of drug-likeness (QED) is 0.660. The first-order chi connectivity index (χ1) is 12.7. The second-order valence-corrected chi connectivity index (χ2v) is 7.89. The van der Waals surface area contributed by atoms with Crippen LogP contribution in [0, 0.1) is 5.92 Å². The molecule has 0 heterocycles. The number of rotatable bonds is 3. The molecular formula is C24H28O2. The molecule has 0 radical (unpaired) electrons. The van der Waals surface area contributed by atoms with E-state index in [4.69, 9.17) is 0 Å². The van der Waals surface area contributed by atoms with Crippen LogP contribution in [0.2, 0.25) is 0 Å². The summed E-state index contributed by atoms with van der Waals surface area (Å²) in [5.74, 6) is 1.14. The molecule has 2 aliphatic rings. The highest BCUT2D eigenvalue weighted by atomic mass is 16.3. The van der Waals surface area contributed by atoms with Crippen molar-refractivity contribution in [2.24, 2.45) is 5.92 Å². The zero-order valence-electron chi connectivity index (χ0n) is 15.3. The van der Waals surface area contributed by atoms with Gasteiger partial charge in [0.05, 0.1) is 0 Å². The van der Waals surface area contributed by atoms with Crippen LogP contribution in [0.3, 0.4) is 0 Å². The minimum Gasteiger partial charge on any atom is -0.508 e. The Bertz CT molecular complexity index is 725. The smallest absolute Gasteiger partial charge is 0.115 e. The zero-order chi connectivity index (χ0) is 18.0. The van der Waals surface area contributed by atoms with Gasteiger partial charge in [0.1, 0.15) is 11.5 Å². The van der Waals surface area contributed by atoms with Crippen molar-refractivity contribution in [3.05, 3.63) is 71.3 Å². The van der Waals surface area contributed by atoms with E-state index in [1.807, 2.05) is 24.3 Å². The Kier molecular flexibility index (Phi) is 4.76. The van der Waals surface area contributed by atoms with E-state index in [0.29, 0.717) is 17.4 Å². The fourth-order valence-corrected chi connectivity index (χ4v) is 5.23. The van der Waals surface area contributed by atoms with Gasteiger partial charge in [-0.3, -0.25) is 0 Å². The summed E-state index contributed by atoms with van der Waals surface area (Å²) in [7, 11) is 0. The van der Waals surface area contributed by atoms with Gasteiger partial charge in [-0.25, -0.2) is 0 Å². The van der Waals surface area contributed by atoms with Crippen LogP contribution in [0.15, 0.2) is 60.2 Å². The van der Waals surface area contributed by atoms with Gasteiger partial charge in [-0.05, 0) is 79.8 Å². The van der Waals surface area contributed by atoms with Crippen LogP contribution in [0.1, 0.15) is 62.5 Å². The lowest BCUT2D eigenvalue weighted by atomic mass is 9.56. The molecule has 0 amide bonds. The van der Waals surface area contributed by atoms with Gasteiger partial charge in [-0.2, -0.15) is 0 Å². The average Bonchev–Trinajstić information content (AvgIpc) is 2.70. The average molecular weight is 348 g/mol. The molecule has 2 aromatic carbocycles. The summed E-state index contributed by atoms with van der Waals surface area (Å²) in [6, 6.07) is 15.7. The molecule has 136 valence electrons. The third-order valence-electron chi connectivity index (χ3n) is 6.45. The topological polar surface area (TPSA) is 40.5 Å². The summed E-state index contributed by atoms with van der Waals surface area (Å²) in [4.78, 5) is 0. The van der Waals surface area contributed by atoms with E-state index in [1.165, 1.54) is 56.1 Å². The number of hydrogen-bond donors (Lipinski definition) is 2. The van der Waals surface area contributed by atoms with Gasteiger partial charge in [0.25, 0.3) is 0 Å². The first-order valence-electron chi connectivity index (χ1n) is 9.98. The summed E-state index contributed by atoms with van der Waals surface area (Å²) < 4.78 is 0. The minimum absolute atomic E-state index is 0.0666. The molecule has 1 atom stereocenters. The zero-order valence-corrected chi connectivity index (χ0v) is 15.3. The minimum atomic E-state index is -0.0666.